The summed E-state index contributed by atoms with van der Waals surface area (Å²) in [5, 5.41) is 2.97. The number of likely N-dealkylation sites (tertiary alicyclic amines) is 1. The first kappa shape index (κ1) is 18.0. The second kappa shape index (κ2) is 6.81. The molecule has 1 aliphatic heterocycles. The van der Waals surface area contributed by atoms with Crippen molar-refractivity contribution in [3.05, 3.63) is 35.9 Å². The van der Waals surface area contributed by atoms with Gasteiger partial charge in [-0.15, -0.1) is 0 Å². The molecule has 1 aliphatic carbocycles. The lowest BCUT2D eigenvalue weighted by atomic mass is 9.60. The Morgan fingerprint density at radius 1 is 1.16 bits per heavy atom. The van der Waals surface area contributed by atoms with Crippen molar-refractivity contribution in [2.45, 2.75) is 58.9 Å². The van der Waals surface area contributed by atoms with Gasteiger partial charge in [0.1, 0.15) is 0 Å². The van der Waals surface area contributed by atoms with Crippen LogP contribution in [0.1, 0.15) is 64.5 Å². The Hall–Kier alpha value is -1.84. The van der Waals surface area contributed by atoms with Crippen LogP contribution in [-0.4, -0.2) is 29.8 Å². The molecular weight excluding hydrogens is 312 g/mol. The summed E-state index contributed by atoms with van der Waals surface area (Å²) in [5.74, 6) is 0.315. The summed E-state index contributed by atoms with van der Waals surface area (Å²) in [4.78, 5) is 27.1. The Kier molecular flexibility index (Phi) is 4.90. The lowest BCUT2D eigenvalue weighted by Crippen LogP contribution is -2.65. The van der Waals surface area contributed by atoms with Crippen LogP contribution in [0.2, 0.25) is 0 Å². The third-order valence-corrected chi connectivity index (χ3v) is 5.70. The Morgan fingerprint density at radius 3 is 2.40 bits per heavy atom. The van der Waals surface area contributed by atoms with E-state index in [1.807, 2.05) is 43.9 Å². The van der Waals surface area contributed by atoms with Crippen LogP contribution in [0.25, 0.3) is 0 Å². The van der Waals surface area contributed by atoms with Crippen LogP contribution in [0.4, 0.5) is 0 Å². The highest BCUT2D eigenvalue weighted by molar-refractivity contribution is 5.91. The molecule has 1 atom stereocenters. The van der Waals surface area contributed by atoms with Crippen molar-refractivity contribution in [1.29, 1.82) is 0 Å². The number of benzene rings is 1. The first-order chi connectivity index (χ1) is 11.9. The van der Waals surface area contributed by atoms with Crippen LogP contribution in [0.5, 0.6) is 0 Å². The van der Waals surface area contributed by atoms with Crippen LogP contribution in [0.15, 0.2) is 30.3 Å². The van der Waals surface area contributed by atoms with Gasteiger partial charge in [-0.25, -0.2) is 0 Å². The highest BCUT2D eigenvalue weighted by Gasteiger charge is 2.60. The van der Waals surface area contributed by atoms with E-state index >= 15 is 0 Å². The molecular formula is C21H30N2O2. The van der Waals surface area contributed by atoms with Crippen molar-refractivity contribution in [3.8, 4) is 0 Å². The first-order valence-electron chi connectivity index (χ1n) is 9.50. The largest absolute Gasteiger partial charge is 0.354 e. The van der Waals surface area contributed by atoms with Gasteiger partial charge in [0.25, 0.3) is 0 Å². The highest BCUT2D eigenvalue weighted by Crippen LogP contribution is 2.57. The van der Waals surface area contributed by atoms with E-state index in [1.165, 1.54) is 12.0 Å². The lowest BCUT2D eigenvalue weighted by molar-refractivity contribution is -0.178. The molecule has 4 nitrogen and oxygen atoms in total. The van der Waals surface area contributed by atoms with Crippen molar-refractivity contribution in [2.75, 3.05) is 13.1 Å². The number of carbonyl (C=O) groups excluding carboxylic acids is 2. The highest BCUT2D eigenvalue weighted by atomic mass is 16.2. The maximum Gasteiger partial charge on any atom is 0.231 e. The SMILES string of the molecule is CC(C)(C)C(=O)NCCN1C(=O)C2(CCCCC2)C1c1ccccc1. The fraction of sp³-hybridized carbons (Fsp3) is 0.619. The standard InChI is InChI=1S/C21H30N2O2/c1-20(2,3)18(24)22-14-15-23-17(16-10-6-4-7-11-16)21(19(23)25)12-8-5-9-13-21/h4,6-7,10-11,17H,5,8-9,12-15H2,1-3H3,(H,22,24). The van der Waals surface area contributed by atoms with Gasteiger partial charge >= 0.3 is 0 Å². The number of hydrogen-bond acceptors (Lipinski definition) is 2. The molecule has 3 rings (SSSR count). The van der Waals surface area contributed by atoms with E-state index in [0.717, 1.165) is 25.7 Å². The average Bonchev–Trinajstić information content (AvgIpc) is 2.61. The van der Waals surface area contributed by atoms with Crippen molar-refractivity contribution in [2.24, 2.45) is 10.8 Å². The second-order valence-electron chi connectivity index (χ2n) is 8.53. The zero-order valence-corrected chi connectivity index (χ0v) is 15.7. The molecule has 0 radical (unpaired) electrons. The smallest absolute Gasteiger partial charge is 0.231 e. The summed E-state index contributed by atoms with van der Waals surface area (Å²) in [6.07, 6.45) is 5.51. The fourth-order valence-corrected chi connectivity index (χ4v) is 4.34. The van der Waals surface area contributed by atoms with Crippen molar-refractivity contribution < 1.29 is 9.59 Å². The molecule has 1 saturated carbocycles. The van der Waals surface area contributed by atoms with Crippen LogP contribution >= 0.6 is 0 Å². The summed E-state index contributed by atoms with van der Waals surface area (Å²) < 4.78 is 0. The predicted molar refractivity (Wildman–Crippen MR) is 98.9 cm³/mol. The summed E-state index contributed by atoms with van der Waals surface area (Å²) >= 11 is 0. The Bertz CT molecular complexity index is 627. The Morgan fingerprint density at radius 2 is 1.80 bits per heavy atom. The number of nitrogens with zero attached hydrogens (tertiary/aromatic N) is 1. The molecule has 1 aromatic carbocycles. The van der Waals surface area contributed by atoms with E-state index < -0.39 is 5.41 Å². The summed E-state index contributed by atoms with van der Waals surface area (Å²) in [6, 6.07) is 10.5. The van der Waals surface area contributed by atoms with Crippen molar-refractivity contribution in [1.82, 2.24) is 10.2 Å². The predicted octanol–water partition coefficient (Wildman–Crippen LogP) is 3.68. The topological polar surface area (TPSA) is 49.4 Å². The molecule has 2 fully saturated rings. The molecule has 1 heterocycles. The van der Waals surface area contributed by atoms with E-state index in [4.69, 9.17) is 0 Å². The van der Waals surface area contributed by atoms with Crippen molar-refractivity contribution in [3.63, 3.8) is 0 Å². The monoisotopic (exact) mass is 342 g/mol. The molecule has 2 aliphatic rings. The van der Waals surface area contributed by atoms with Gasteiger partial charge < -0.3 is 10.2 Å². The number of rotatable bonds is 4. The maximum atomic E-state index is 13.0. The quantitative estimate of drug-likeness (QED) is 0.849. The maximum absolute atomic E-state index is 13.0. The number of hydrogen-bond donors (Lipinski definition) is 1. The molecule has 25 heavy (non-hydrogen) atoms. The minimum Gasteiger partial charge on any atom is -0.354 e. The molecule has 136 valence electrons. The van der Waals surface area contributed by atoms with Gasteiger partial charge in [0.05, 0.1) is 11.5 Å². The van der Waals surface area contributed by atoms with Gasteiger partial charge in [0, 0.05) is 18.5 Å². The lowest BCUT2D eigenvalue weighted by Gasteiger charge is -2.58. The molecule has 4 heteroatoms. The molecule has 0 aromatic heterocycles. The minimum absolute atomic E-state index is 0.0316. The molecule has 1 N–H and O–H groups in total. The normalized spacial score (nSPS) is 22.6. The fourth-order valence-electron chi connectivity index (χ4n) is 4.34. The molecule has 1 spiro atoms. The van der Waals surface area contributed by atoms with E-state index in [-0.39, 0.29) is 23.3 Å². The number of β-lactam (4-membered cyclic amide) rings is 1. The van der Waals surface area contributed by atoms with Crippen LogP contribution in [0.3, 0.4) is 0 Å². The summed E-state index contributed by atoms with van der Waals surface area (Å²) in [7, 11) is 0. The van der Waals surface area contributed by atoms with E-state index in [9.17, 15) is 9.59 Å². The van der Waals surface area contributed by atoms with Gasteiger partial charge in [-0.1, -0.05) is 70.4 Å². The zero-order valence-electron chi connectivity index (χ0n) is 15.7. The number of nitrogens with one attached hydrogen (secondary N) is 1. The minimum atomic E-state index is -0.400. The molecule has 0 bridgehead atoms. The van der Waals surface area contributed by atoms with Gasteiger partial charge in [0.2, 0.25) is 11.8 Å². The van der Waals surface area contributed by atoms with Crippen LogP contribution in [-0.2, 0) is 9.59 Å². The Labute approximate surface area is 151 Å². The third-order valence-electron chi connectivity index (χ3n) is 5.70. The Balaban J connectivity index is 1.72. The first-order valence-corrected chi connectivity index (χ1v) is 9.50. The molecule has 1 unspecified atom stereocenters. The third kappa shape index (κ3) is 3.31. The zero-order chi connectivity index (χ0) is 18.1. The van der Waals surface area contributed by atoms with Gasteiger partial charge in [-0.2, -0.15) is 0 Å². The van der Waals surface area contributed by atoms with Gasteiger partial charge in [-0.05, 0) is 18.4 Å². The molecule has 2 amide bonds. The average molecular weight is 342 g/mol. The van der Waals surface area contributed by atoms with Crippen LogP contribution < -0.4 is 5.32 Å². The van der Waals surface area contributed by atoms with Crippen molar-refractivity contribution >= 4 is 11.8 Å². The number of amides is 2. The van der Waals surface area contributed by atoms with E-state index in [1.54, 1.807) is 0 Å². The van der Waals surface area contributed by atoms with Crippen LogP contribution in [0, 0.1) is 10.8 Å². The van der Waals surface area contributed by atoms with E-state index in [0.29, 0.717) is 13.1 Å². The van der Waals surface area contributed by atoms with Gasteiger partial charge in [0.15, 0.2) is 0 Å². The van der Waals surface area contributed by atoms with Gasteiger partial charge in [-0.3, -0.25) is 9.59 Å². The number of carbonyl (C=O) groups is 2. The summed E-state index contributed by atoms with van der Waals surface area (Å²) in [5.41, 5.74) is 0.627. The van der Waals surface area contributed by atoms with E-state index in [2.05, 4.69) is 17.4 Å². The molecule has 1 aromatic rings. The second-order valence-corrected chi connectivity index (χ2v) is 8.53. The summed E-state index contributed by atoms with van der Waals surface area (Å²) in [6.45, 7) is 6.81. The molecule has 1 saturated heterocycles.